The number of rotatable bonds is 4. The zero-order valence-corrected chi connectivity index (χ0v) is 14.4. The summed E-state index contributed by atoms with van der Waals surface area (Å²) >= 11 is 1.66. The fourth-order valence-corrected chi connectivity index (χ4v) is 2.98. The quantitative estimate of drug-likeness (QED) is 0.524. The van der Waals surface area contributed by atoms with Gasteiger partial charge in [-0.3, -0.25) is 9.69 Å². The van der Waals surface area contributed by atoms with E-state index in [-0.39, 0.29) is 18.5 Å². The molecule has 4 nitrogen and oxygen atoms in total. The molecule has 3 amide bonds. The molecule has 5 heteroatoms. The van der Waals surface area contributed by atoms with Crippen LogP contribution >= 0.6 is 11.8 Å². The summed E-state index contributed by atoms with van der Waals surface area (Å²) in [7, 11) is 0. The molecule has 0 atom stereocenters. The largest absolute Gasteiger partial charge is 0.329 e. The summed E-state index contributed by atoms with van der Waals surface area (Å²) < 4.78 is 0. The molecule has 1 aliphatic rings. The highest BCUT2D eigenvalue weighted by atomic mass is 32.2. The van der Waals surface area contributed by atoms with Crippen LogP contribution in [-0.2, 0) is 11.3 Å². The molecule has 122 valence electrons. The molecule has 0 saturated carbocycles. The second kappa shape index (κ2) is 6.93. The van der Waals surface area contributed by atoms with Gasteiger partial charge in [-0.25, -0.2) is 4.79 Å². The van der Waals surface area contributed by atoms with Crippen LogP contribution in [0.1, 0.15) is 16.7 Å². The number of benzene rings is 2. The van der Waals surface area contributed by atoms with E-state index >= 15 is 0 Å². The van der Waals surface area contributed by atoms with Crippen LogP contribution in [0.25, 0.3) is 6.08 Å². The van der Waals surface area contributed by atoms with Crippen molar-refractivity contribution in [1.82, 2.24) is 10.2 Å². The van der Waals surface area contributed by atoms with E-state index in [9.17, 15) is 9.59 Å². The molecule has 24 heavy (non-hydrogen) atoms. The normalized spacial score (nSPS) is 15.9. The molecule has 1 saturated heterocycles. The third-order valence-corrected chi connectivity index (χ3v) is 4.56. The van der Waals surface area contributed by atoms with Gasteiger partial charge in [0, 0.05) is 4.90 Å². The molecule has 0 aromatic heterocycles. The maximum absolute atomic E-state index is 12.5. The Morgan fingerprint density at radius 1 is 1.12 bits per heavy atom. The van der Waals surface area contributed by atoms with Crippen molar-refractivity contribution >= 4 is 29.8 Å². The minimum absolute atomic E-state index is 0.273. The van der Waals surface area contributed by atoms with E-state index in [1.54, 1.807) is 17.8 Å². The summed E-state index contributed by atoms with van der Waals surface area (Å²) in [6.07, 6.45) is 3.72. The van der Waals surface area contributed by atoms with E-state index in [4.69, 9.17) is 0 Å². The number of nitrogens with one attached hydrogen (secondary N) is 1. The Morgan fingerprint density at radius 2 is 1.88 bits per heavy atom. The number of aryl methyl sites for hydroxylation is 1. The molecule has 0 aliphatic carbocycles. The molecular weight excluding hydrogens is 320 g/mol. The molecule has 1 aliphatic heterocycles. The van der Waals surface area contributed by atoms with Gasteiger partial charge < -0.3 is 5.32 Å². The highest BCUT2D eigenvalue weighted by Gasteiger charge is 2.33. The number of amides is 3. The van der Waals surface area contributed by atoms with Crippen LogP contribution in [-0.4, -0.2) is 23.1 Å². The lowest BCUT2D eigenvalue weighted by Gasteiger charge is -2.12. The maximum atomic E-state index is 12.5. The van der Waals surface area contributed by atoms with E-state index in [0.29, 0.717) is 5.70 Å². The van der Waals surface area contributed by atoms with Crippen molar-refractivity contribution in [3.63, 3.8) is 0 Å². The van der Waals surface area contributed by atoms with Crippen molar-refractivity contribution in [1.29, 1.82) is 0 Å². The summed E-state index contributed by atoms with van der Waals surface area (Å²) in [5.74, 6) is -0.296. The molecule has 1 N–H and O–H groups in total. The first-order valence-electron chi connectivity index (χ1n) is 7.61. The Balaban J connectivity index is 1.79. The van der Waals surface area contributed by atoms with Crippen molar-refractivity contribution in [3.8, 4) is 0 Å². The van der Waals surface area contributed by atoms with Crippen molar-refractivity contribution in [2.45, 2.75) is 18.4 Å². The van der Waals surface area contributed by atoms with Gasteiger partial charge in [-0.2, -0.15) is 0 Å². The average molecular weight is 338 g/mol. The Bertz CT molecular complexity index is 812. The molecular formula is C19H18N2O2S. The molecule has 2 aromatic rings. The predicted octanol–water partition coefficient (Wildman–Crippen LogP) is 3.81. The number of carbonyl (C=O) groups is 2. The predicted molar refractivity (Wildman–Crippen MR) is 96.5 cm³/mol. The van der Waals surface area contributed by atoms with Crippen molar-refractivity contribution in [2.75, 3.05) is 6.26 Å². The zero-order valence-electron chi connectivity index (χ0n) is 13.6. The first-order valence-corrected chi connectivity index (χ1v) is 8.83. The lowest BCUT2D eigenvalue weighted by atomic mass is 10.1. The molecule has 2 aromatic carbocycles. The Kier molecular flexibility index (Phi) is 4.71. The second-order valence-electron chi connectivity index (χ2n) is 5.64. The second-order valence-corrected chi connectivity index (χ2v) is 6.52. The van der Waals surface area contributed by atoms with Gasteiger partial charge in [0.05, 0.1) is 6.54 Å². The highest BCUT2D eigenvalue weighted by Crippen LogP contribution is 2.19. The minimum atomic E-state index is -0.381. The van der Waals surface area contributed by atoms with Crippen molar-refractivity contribution < 1.29 is 9.59 Å². The molecule has 1 fully saturated rings. The van der Waals surface area contributed by atoms with Gasteiger partial charge in [-0.05, 0) is 42.5 Å². The van der Waals surface area contributed by atoms with E-state index in [1.165, 1.54) is 4.90 Å². The lowest BCUT2D eigenvalue weighted by molar-refractivity contribution is -0.123. The highest BCUT2D eigenvalue weighted by molar-refractivity contribution is 7.98. The summed E-state index contributed by atoms with van der Waals surface area (Å²) in [5, 5.41) is 2.66. The maximum Gasteiger partial charge on any atom is 0.329 e. The van der Waals surface area contributed by atoms with Crippen LogP contribution in [0.15, 0.2) is 59.1 Å². The van der Waals surface area contributed by atoms with Crippen LogP contribution in [0.5, 0.6) is 0 Å². The fraction of sp³-hybridized carbons (Fsp3) is 0.158. The fourth-order valence-electron chi connectivity index (χ4n) is 2.58. The van der Waals surface area contributed by atoms with Gasteiger partial charge in [0.15, 0.2) is 0 Å². The van der Waals surface area contributed by atoms with Crippen LogP contribution < -0.4 is 5.32 Å². The number of carbonyl (C=O) groups excluding carboxylic acids is 2. The van der Waals surface area contributed by atoms with Crippen LogP contribution in [0, 0.1) is 6.92 Å². The molecule has 0 spiro atoms. The molecule has 0 radical (unpaired) electrons. The van der Waals surface area contributed by atoms with Gasteiger partial charge in [-0.15, -0.1) is 11.8 Å². The first-order chi connectivity index (χ1) is 11.6. The molecule has 0 unspecified atom stereocenters. The average Bonchev–Trinajstić information content (AvgIpc) is 2.83. The van der Waals surface area contributed by atoms with Crippen molar-refractivity contribution in [2.24, 2.45) is 0 Å². The summed E-state index contributed by atoms with van der Waals surface area (Å²) in [6.45, 7) is 2.26. The Morgan fingerprint density at radius 3 is 2.54 bits per heavy atom. The van der Waals surface area contributed by atoms with E-state index in [2.05, 4.69) is 5.32 Å². The van der Waals surface area contributed by atoms with Crippen molar-refractivity contribution in [3.05, 3.63) is 70.9 Å². The molecule has 0 bridgehead atoms. The minimum Gasteiger partial charge on any atom is -0.303 e. The number of imide groups is 1. The Hall–Kier alpha value is -2.53. The SMILES string of the molecule is CSc1ccc(/C=C2/NC(=O)N(Cc3cccc(C)c3)C2=O)cc1. The monoisotopic (exact) mass is 338 g/mol. The third-order valence-electron chi connectivity index (χ3n) is 3.81. The van der Waals surface area contributed by atoms with E-state index in [0.717, 1.165) is 21.6 Å². The third kappa shape index (κ3) is 3.51. The number of hydrogen-bond donors (Lipinski definition) is 1. The van der Waals surface area contributed by atoms with E-state index in [1.807, 2.05) is 61.7 Å². The smallest absolute Gasteiger partial charge is 0.303 e. The van der Waals surface area contributed by atoms with Gasteiger partial charge in [0.1, 0.15) is 5.70 Å². The zero-order chi connectivity index (χ0) is 17.1. The number of nitrogens with zero attached hydrogens (tertiary/aromatic N) is 1. The lowest BCUT2D eigenvalue weighted by Crippen LogP contribution is -2.30. The summed E-state index contributed by atoms with van der Waals surface area (Å²) in [6, 6.07) is 15.3. The van der Waals surface area contributed by atoms with Gasteiger partial charge in [-0.1, -0.05) is 42.0 Å². The first kappa shape index (κ1) is 16.3. The summed E-state index contributed by atoms with van der Waals surface area (Å²) in [5.41, 5.74) is 3.23. The standard InChI is InChI=1S/C19H18N2O2S/c1-13-4-3-5-15(10-13)12-21-18(22)17(20-19(21)23)11-14-6-8-16(24-2)9-7-14/h3-11H,12H2,1-2H3,(H,20,23)/b17-11+. The Labute approximate surface area is 145 Å². The number of thioether (sulfide) groups is 1. The van der Waals surface area contributed by atoms with Gasteiger partial charge in [0.2, 0.25) is 0 Å². The number of hydrogen-bond acceptors (Lipinski definition) is 3. The molecule has 3 rings (SSSR count). The van der Waals surface area contributed by atoms with Crippen LogP contribution in [0.2, 0.25) is 0 Å². The van der Waals surface area contributed by atoms with E-state index < -0.39 is 0 Å². The van der Waals surface area contributed by atoms with Crippen LogP contribution in [0.4, 0.5) is 4.79 Å². The summed E-state index contributed by atoms with van der Waals surface area (Å²) in [4.78, 5) is 27.0. The van der Waals surface area contributed by atoms with Gasteiger partial charge in [0.25, 0.3) is 5.91 Å². The number of urea groups is 1. The molecule has 1 heterocycles. The van der Waals surface area contributed by atoms with Crippen LogP contribution in [0.3, 0.4) is 0 Å². The van der Waals surface area contributed by atoms with Gasteiger partial charge >= 0.3 is 6.03 Å². The topological polar surface area (TPSA) is 49.4 Å².